The number of morpholine rings is 1. The van der Waals surface area contributed by atoms with E-state index in [9.17, 15) is 4.79 Å². The molecule has 0 radical (unpaired) electrons. The van der Waals surface area contributed by atoms with E-state index in [1.165, 1.54) is 0 Å². The van der Waals surface area contributed by atoms with Crippen molar-refractivity contribution < 1.29 is 19.0 Å². The summed E-state index contributed by atoms with van der Waals surface area (Å²) in [5.74, 6) is 1.04. The first-order chi connectivity index (χ1) is 12.2. The predicted molar refractivity (Wildman–Crippen MR) is 94.0 cm³/mol. The summed E-state index contributed by atoms with van der Waals surface area (Å²) in [6.45, 7) is 4.80. The fraction of sp³-hybridized carbons (Fsp3) is 0.632. The van der Waals surface area contributed by atoms with Crippen molar-refractivity contribution in [3.8, 4) is 11.5 Å². The van der Waals surface area contributed by atoms with Crippen LogP contribution in [0, 0.1) is 0 Å². The van der Waals surface area contributed by atoms with Gasteiger partial charge in [0, 0.05) is 37.7 Å². The molecule has 6 nitrogen and oxygen atoms in total. The van der Waals surface area contributed by atoms with Crippen LogP contribution in [0.25, 0.3) is 0 Å². The lowest BCUT2D eigenvalue weighted by Crippen LogP contribution is -2.45. The molecule has 1 aliphatic carbocycles. The fourth-order valence-corrected chi connectivity index (χ4v) is 3.86. The molecule has 1 aromatic rings. The third-order valence-corrected chi connectivity index (χ3v) is 5.23. The minimum Gasteiger partial charge on any atom is -0.448 e. The average molecular weight is 346 g/mol. The predicted octanol–water partition coefficient (Wildman–Crippen LogP) is 2.78. The van der Waals surface area contributed by atoms with E-state index in [1.807, 2.05) is 18.2 Å². The number of hydrogen-bond donors (Lipinski definition) is 1. The number of carbonyl (C=O) groups excluding carboxylic acids is 1. The molecule has 1 N–H and O–H groups in total. The van der Waals surface area contributed by atoms with E-state index in [2.05, 4.69) is 17.1 Å². The van der Waals surface area contributed by atoms with Gasteiger partial charge >= 0.3 is 0 Å². The van der Waals surface area contributed by atoms with E-state index in [0.717, 1.165) is 62.4 Å². The molecule has 1 amide bonds. The summed E-state index contributed by atoms with van der Waals surface area (Å²) in [4.78, 5) is 14.5. The summed E-state index contributed by atoms with van der Waals surface area (Å²) in [6, 6.07) is 5.64. The van der Waals surface area contributed by atoms with Crippen LogP contribution in [-0.4, -0.2) is 48.9 Å². The van der Waals surface area contributed by atoms with Crippen LogP contribution < -0.4 is 14.8 Å². The van der Waals surface area contributed by atoms with Crippen LogP contribution in [0.15, 0.2) is 18.2 Å². The molecule has 1 saturated carbocycles. The lowest BCUT2D eigenvalue weighted by molar-refractivity contribution is -0.119. The van der Waals surface area contributed by atoms with Gasteiger partial charge in [-0.2, -0.15) is 0 Å². The lowest BCUT2D eigenvalue weighted by Gasteiger charge is -2.31. The Morgan fingerprint density at radius 2 is 2.08 bits per heavy atom. The van der Waals surface area contributed by atoms with E-state index < -0.39 is 5.79 Å². The van der Waals surface area contributed by atoms with Gasteiger partial charge in [-0.25, -0.2) is 0 Å². The van der Waals surface area contributed by atoms with Crippen molar-refractivity contribution >= 4 is 11.6 Å². The highest BCUT2D eigenvalue weighted by molar-refractivity contribution is 5.92. The van der Waals surface area contributed by atoms with Gasteiger partial charge in [0.25, 0.3) is 5.79 Å². The zero-order valence-electron chi connectivity index (χ0n) is 14.8. The van der Waals surface area contributed by atoms with Crippen molar-refractivity contribution in [1.29, 1.82) is 0 Å². The van der Waals surface area contributed by atoms with Crippen LogP contribution in [0.4, 0.5) is 5.69 Å². The smallest absolute Gasteiger partial charge is 0.251 e. The Morgan fingerprint density at radius 1 is 1.28 bits per heavy atom. The Morgan fingerprint density at radius 3 is 2.88 bits per heavy atom. The SMILES string of the molecule is CCC1CN(CC(=O)Nc2ccc3c(c2)OC2(CCCC2)O3)CCO1. The summed E-state index contributed by atoms with van der Waals surface area (Å²) in [7, 11) is 0. The van der Waals surface area contributed by atoms with Crippen molar-refractivity contribution in [2.75, 3.05) is 31.6 Å². The van der Waals surface area contributed by atoms with Crippen molar-refractivity contribution in [1.82, 2.24) is 4.90 Å². The van der Waals surface area contributed by atoms with E-state index in [1.54, 1.807) is 0 Å². The number of rotatable bonds is 4. The highest BCUT2D eigenvalue weighted by Gasteiger charge is 2.44. The Hall–Kier alpha value is -1.79. The standard InChI is InChI=1S/C19H26N2O4/c1-2-15-12-21(9-10-23-15)13-18(22)20-14-5-6-16-17(11-14)25-19(24-16)7-3-4-8-19/h5-6,11,15H,2-4,7-10,12-13H2,1H3,(H,20,22). The maximum atomic E-state index is 12.4. The second kappa shape index (κ2) is 6.84. The van der Waals surface area contributed by atoms with E-state index in [4.69, 9.17) is 14.2 Å². The minimum atomic E-state index is -0.464. The number of fused-ring (bicyclic) bond motifs is 1. The van der Waals surface area contributed by atoms with Gasteiger partial charge in [-0.1, -0.05) is 6.92 Å². The molecule has 0 aromatic heterocycles. The van der Waals surface area contributed by atoms with Gasteiger partial charge < -0.3 is 19.5 Å². The summed E-state index contributed by atoms with van der Waals surface area (Å²) >= 11 is 0. The number of hydrogen-bond acceptors (Lipinski definition) is 5. The number of amides is 1. The normalized spacial score (nSPS) is 24.6. The Kier molecular flexibility index (Phi) is 4.56. The van der Waals surface area contributed by atoms with Crippen LogP contribution in [-0.2, 0) is 9.53 Å². The topological polar surface area (TPSA) is 60.0 Å². The van der Waals surface area contributed by atoms with Gasteiger partial charge in [0.2, 0.25) is 5.91 Å². The van der Waals surface area contributed by atoms with Gasteiger partial charge in [0.1, 0.15) is 0 Å². The Balaban J connectivity index is 1.35. The molecule has 1 atom stereocenters. The molecule has 1 aromatic carbocycles. The molecule has 2 aliphatic heterocycles. The molecule has 0 bridgehead atoms. The van der Waals surface area contributed by atoms with Gasteiger partial charge in [-0.3, -0.25) is 9.69 Å². The first-order valence-corrected chi connectivity index (χ1v) is 9.32. The second-order valence-corrected chi connectivity index (χ2v) is 7.17. The fourth-order valence-electron chi connectivity index (χ4n) is 3.86. The van der Waals surface area contributed by atoms with Crippen molar-refractivity contribution in [3.05, 3.63) is 18.2 Å². The molecule has 25 heavy (non-hydrogen) atoms. The van der Waals surface area contributed by atoms with Crippen molar-refractivity contribution in [3.63, 3.8) is 0 Å². The summed E-state index contributed by atoms with van der Waals surface area (Å²) < 4.78 is 17.7. The van der Waals surface area contributed by atoms with Crippen molar-refractivity contribution in [2.24, 2.45) is 0 Å². The zero-order chi connectivity index (χ0) is 17.3. The lowest BCUT2D eigenvalue weighted by atomic mass is 10.2. The summed E-state index contributed by atoms with van der Waals surface area (Å²) in [6.07, 6.45) is 5.33. The molecule has 1 saturated heterocycles. The van der Waals surface area contributed by atoms with Crippen molar-refractivity contribution in [2.45, 2.75) is 50.9 Å². The number of carbonyl (C=O) groups is 1. The molecular weight excluding hydrogens is 320 g/mol. The molecule has 1 unspecified atom stereocenters. The number of nitrogens with one attached hydrogen (secondary N) is 1. The van der Waals surface area contributed by atoms with E-state index >= 15 is 0 Å². The molecule has 1 spiro atoms. The third kappa shape index (κ3) is 3.60. The van der Waals surface area contributed by atoms with Crippen LogP contribution in [0.1, 0.15) is 39.0 Å². The maximum Gasteiger partial charge on any atom is 0.251 e. The molecular formula is C19H26N2O4. The number of benzene rings is 1. The monoisotopic (exact) mass is 346 g/mol. The molecule has 6 heteroatoms. The largest absolute Gasteiger partial charge is 0.448 e. The molecule has 136 valence electrons. The van der Waals surface area contributed by atoms with Crippen LogP contribution in [0.5, 0.6) is 11.5 Å². The average Bonchev–Trinajstić information content (AvgIpc) is 3.20. The molecule has 2 fully saturated rings. The summed E-state index contributed by atoms with van der Waals surface area (Å²) in [5.41, 5.74) is 0.752. The summed E-state index contributed by atoms with van der Waals surface area (Å²) in [5, 5.41) is 2.97. The van der Waals surface area contributed by atoms with E-state index in [-0.39, 0.29) is 12.0 Å². The number of anilines is 1. The first kappa shape index (κ1) is 16.7. The van der Waals surface area contributed by atoms with Gasteiger partial charge in [-0.05, 0) is 31.4 Å². The van der Waals surface area contributed by atoms with Crippen LogP contribution in [0.2, 0.25) is 0 Å². The maximum absolute atomic E-state index is 12.4. The Bertz CT molecular complexity index is 642. The molecule has 2 heterocycles. The zero-order valence-corrected chi connectivity index (χ0v) is 14.8. The van der Waals surface area contributed by atoms with Gasteiger partial charge in [0.15, 0.2) is 11.5 Å². The molecule has 3 aliphatic rings. The third-order valence-electron chi connectivity index (χ3n) is 5.23. The highest BCUT2D eigenvalue weighted by Crippen LogP contribution is 2.47. The van der Waals surface area contributed by atoms with Crippen LogP contribution >= 0.6 is 0 Å². The van der Waals surface area contributed by atoms with Gasteiger partial charge in [0.05, 0.1) is 19.3 Å². The highest BCUT2D eigenvalue weighted by atomic mass is 16.7. The van der Waals surface area contributed by atoms with Crippen LogP contribution in [0.3, 0.4) is 0 Å². The van der Waals surface area contributed by atoms with Gasteiger partial charge in [-0.15, -0.1) is 0 Å². The minimum absolute atomic E-state index is 0.00815. The van der Waals surface area contributed by atoms with E-state index in [0.29, 0.717) is 13.2 Å². The molecule has 4 rings (SSSR count). The number of nitrogens with zero attached hydrogens (tertiary/aromatic N) is 1. The number of ether oxygens (including phenoxy) is 3. The Labute approximate surface area is 148 Å². The quantitative estimate of drug-likeness (QED) is 0.908. The second-order valence-electron chi connectivity index (χ2n) is 7.17. The first-order valence-electron chi connectivity index (χ1n) is 9.32.